The molecule has 1 unspecified atom stereocenters. The van der Waals surface area contributed by atoms with Crippen molar-refractivity contribution in [2.24, 2.45) is 5.41 Å². The Labute approximate surface area is 84.9 Å². The van der Waals surface area contributed by atoms with Crippen LogP contribution in [0, 0.1) is 5.41 Å². The highest BCUT2D eigenvalue weighted by atomic mass is 16.3. The van der Waals surface area contributed by atoms with Crippen molar-refractivity contribution in [1.82, 2.24) is 0 Å². The van der Waals surface area contributed by atoms with Crippen molar-refractivity contribution >= 4 is 0 Å². The second kappa shape index (κ2) is 3.77. The molecule has 78 valence electrons. The van der Waals surface area contributed by atoms with Crippen LogP contribution in [0.5, 0.6) is 0 Å². The molecule has 0 radical (unpaired) electrons. The summed E-state index contributed by atoms with van der Waals surface area (Å²) in [5, 5.41) is 10.3. The Morgan fingerprint density at radius 2 is 2.21 bits per heavy atom. The molecule has 2 heteroatoms. The van der Waals surface area contributed by atoms with Gasteiger partial charge in [0.05, 0.1) is 18.6 Å². The van der Waals surface area contributed by atoms with E-state index < -0.39 is 0 Å². The average Bonchev–Trinajstić information content (AvgIpc) is 2.89. The van der Waals surface area contributed by atoms with Gasteiger partial charge in [0.25, 0.3) is 0 Å². The van der Waals surface area contributed by atoms with Crippen LogP contribution in [0.25, 0.3) is 0 Å². The SMILES string of the molecule is CCC1(C(O)c2ccoc2)CCCC1. The first-order chi connectivity index (χ1) is 6.78. The lowest BCUT2D eigenvalue weighted by atomic mass is 9.76. The number of aliphatic hydroxyl groups excluding tert-OH is 1. The Hall–Kier alpha value is -0.760. The largest absolute Gasteiger partial charge is 0.472 e. The topological polar surface area (TPSA) is 33.4 Å². The first-order valence-corrected chi connectivity index (χ1v) is 5.49. The number of hydrogen-bond acceptors (Lipinski definition) is 2. The lowest BCUT2D eigenvalue weighted by Crippen LogP contribution is -2.24. The molecule has 0 saturated heterocycles. The molecule has 1 heterocycles. The second-order valence-corrected chi connectivity index (χ2v) is 4.38. The maximum atomic E-state index is 10.3. The lowest BCUT2D eigenvalue weighted by Gasteiger charge is -2.32. The molecule has 1 aliphatic rings. The van der Waals surface area contributed by atoms with Crippen molar-refractivity contribution in [3.63, 3.8) is 0 Å². The molecular formula is C12H18O2. The molecule has 0 aromatic carbocycles. The van der Waals surface area contributed by atoms with Gasteiger partial charge in [0.1, 0.15) is 0 Å². The summed E-state index contributed by atoms with van der Waals surface area (Å²) in [6, 6.07) is 1.88. The van der Waals surface area contributed by atoms with Crippen LogP contribution in [-0.4, -0.2) is 5.11 Å². The quantitative estimate of drug-likeness (QED) is 0.801. The van der Waals surface area contributed by atoms with Gasteiger partial charge < -0.3 is 9.52 Å². The van der Waals surface area contributed by atoms with Crippen molar-refractivity contribution in [3.8, 4) is 0 Å². The molecule has 2 rings (SSSR count). The van der Waals surface area contributed by atoms with E-state index in [1.54, 1.807) is 12.5 Å². The Bertz CT molecular complexity index is 271. The van der Waals surface area contributed by atoms with E-state index in [0.29, 0.717) is 0 Å². The zero-order valence-electron chi connectivity index (χ0n) is 8.70. The van der Waals surface area contributed by atoms with E-state index in [4.69, 9.17) is 4.42 Å². The van der Waals surface area contributed by atoms with E-state index in [2.05, 4.69) is 6.92 Å². The summed E-state index contributed by atoms with van der Waals surface area (Å²) in [5.41, 5.74) is 1.05. The van der Waals surface area contributed by atoms with Crippen LogP contribution in [0.15, 0.2) is 23.0 Å². The third-order valence-corrected chi connectivity index (χ3v) is 3.74. The molecule has 0 aliphatic heterocycles. The third-order valence-electron chi connectivity index (χ3n) is 3.74. The highest BCUT2D eigenvalue weighted by molar-refractivity contribution is 5.13. The minimum atomic E-state index is -0.339. The number of rotatable bonds is 3. The van der Waals surface area contributed by atoms with Gasteiger partial charge in [-0.15, -0.1) is 0 Å². The summed E-state index contributed by atoms with van der Waals surface area (Å²) in [4.78, 5) is 0. The van der Waals surface area contributed by atoms with Gasteiger partial charge in [0, 0.05) is 11.0 Å². The maximum Gasteiger partial charge on any atom is 0.0960 e. The van der Waals surface area contributed by atoms with Crippen LogP contribution in [0.2, 0.25) is 0 Å². The van der Waals surface area contributed by atoms with Crippen LogP contribution in [0.1, 0.15) is 50.7 Å². The molecule has 0 spiro atoms. The summed E-state index contributed by atoms with van der Waals surface area (Å²) < 4.78 is 5.02. The molecule has 2 nitrogen and oxygen atoms in total. The lowest BCUT2D eigenvalue weighted by molar-refractivity contribution is 0.0233. The molecule has 1 N–H and O–H groups in total. The van der Waals surface area contributed by atoms with Gasteiger partial charge in [-0.25, -0.2) is 0 Å². The molecule has 1 aliphatic carbocycles. The summed E-state index contributed by atoms with van der Waals surface area (Å²) >= 11 is 0. The van der Waals surface area contributed by atoms with E-state index in [1.165, 1.54) is 12.8 Å². The molecule has 1 aromatic heterocycles. The van der Waals surface area contributed by atoms with Crippen LogP contribution < -0.4 is 0 Å². The smallest absolute Gasteiger partial charge is 0.0960 e. The molecule has 0 bridgehead atoms. The summed E-state index contributed by atoms with van der Waals surface area (Å²) in [6.45, 7) is 2.18. The minimum Gasteiger partial charge on any atom is -0.472 e. The Kier molecular flexibility index (Phi) is 2.64. The Morgan fingerprint density at radius 1 is 1.50 bits per heavy atom. The van der Waals surface area contributed by atoms with E-state index >= 15 is 0 Å². The number of aliphatic hydroxyl groups is 1. The van der Waals surface area contributed by atoms with Crippen LogP contribution in [0.3, 0.4) is 0 Å². The van der Waals surface area contributed by atoms with Crippen molar-refractivity contribution in [2.45, 2.75) is 45.1 Å². The predicted octanol–water partition coefficient (Wildman–Crippen LogP) is 3.28. The fraction of sp³-hybridized carbons (Fsp3) is 0.667. The van der Waals surface area contributed by atoms with Crippen molar-refractivity contribution in [1.29, 1.82) is 0 Å². The Balaban J connectivity index is 2.19. The van der Waals surface area contributed by atoms with E-state index in [1.807, 2.05) is 6.07 Å². The van der Waals surface area contributed by atoms with Crippen LogP contribution in [0.4, 0.5) is 0 Å². The van der Waals surface area contributed by atoms with Crippen LogP contribution >= 0.6 is 0 Å². The standard InChI is InChI=1S/C12H18O2/c1-2-12(6-3-4-7-12)11(13)10-5-8-14-9-10/h5,8-9,11,13H,2-4,6-7H2,1H3. The van der Waals surface area contributed by atoms with Gasteiger partial charge in [-0.2, -0.15) is 0 Å². The zero-order valence-corrected chi connectivity index (χ0v) is 8.70. The summed E-state index contributed by atoms with van der Waals surface area (Å²) in [7, 11) is 0. The van der Waals surface area contributed by atoms with Crippen molar-refractivity contribution < 1.29 is 9.52 Å². The first kappa shape index (κ1) is 9.78. The van der Waals surface area contributed by atoms with Crippen LogP contribution in [-0.2, 0) is 0 Å². The summed E-state index contributed by atoms with van der Waals surface area (Å²) in [6.07, 6.45) is 8.82. The van der Waals surface area contributed by atoms with Gasteiger partial charge in [-0.1, -0.05) is 19.8 Å². The fourth-order valence-corrected chi connectivity index (χ4v) is 2.68. The van der Waals surface area contributed by atoms with Gasteiger partial charge in [-0.05, 0) is 25.3 Å². The zero-order chi connectivity index (χ0) is 10.0. The van der Waals surface area contributed by atoms with E-state index in [0.717, 1.165) is 24.8 Å². The minimum absolute atomic E-state index is 0.115. The number of furan rings is 1. The van der Waals surface area contributed by atoms with E-state index in [9.17, 15) is 5.11 Å². The molecule has 1 aromatic rings. The van der Waals surface area contributed by atoms with Gasteiger partial charge in [-0.3, -0.25) is 0 Å². The monoisotopic (exact) mass is 194 g/mol. The van der Waals surface area contributed by atoms with Crippen molar-refractivity contribution in [3.05, 3.63) is 24.2 Å². The summed E-state index contributed by atoms with van der Waals surface area (Å²) in [5.74, 6) is 0. The molecule has 14 heavy (non-hydrogen) atoms. The second-order valence-electron chi connectivity index (χ2n) is 4.38. The highest BCUT2D eigenvalue weighted by Crippen LogP contribution is 2.49. The van der Waals surface area contributed by atoms with E-state index in [-0.39, 0.29) is 11.5 Å². The van der Waals surface area contributed by atoms with Gasteiger partial charge >= 0.3 is 0 Å². The van der Waals surface area contributed by atoms with Gasteiger partial charge in [0.2, 0.25) is 0 Å². The normalized spacial score (nSPS) is 22.4. The van der Waals surface area contributed by atoms with Gasteiger partial charge in [0.15, 0.2) is 0 Å². The maximum absolute atomic E-state index is 10.3. The third kappa shape index (κ3) is 1.48. The average molecular weight is 194 g/mol. The fourth-order valence-electron chi connectivity index (χ4n) is 2.68. The predicted molar refractivity (Wildman–Crippen MR) is 54.9 cm³/mol. The first-order valence-electron chi connectivity index (χ1n) is 5.49. The Morgan fingerprint density at radius 3 is 2.71 bits per heavy atom. The molecule has 1 fully saturated rings. The van der Waals surface area contributed by atoms with Crippen molar-refractivity contribution in [2.75, 3.05) is 0 Å². The molecule has 0 amide bonds. The highest BCUT2D eigenvalue weighted by Gasteiger charge is 2.39. The molecule has 1 atom stereocenters. The number of hydrogen-bond donors (Lipinski definition) is 1. The molecular weight excluding hydrogens is 176 g/mol. The molecule has 1 saturated carbocycles.